The minimum atomic E-state index is 0.677. The van der Waals surface area contributed by atoms with E-state index in [1.54, 1.807) is 0 Å². The van der Waals surface area contributed by atoms with E-state index in [1.165, 1.54) is 11.1 Å². The van der Waals surface area contributed by atoms with E-state index in [1.807, 2.05) is 23.9 Å². The van der Waals surface area contributed by atoms with Crippen LogP contribution < -0.4 is 15.4 Å². The van der Waals surface area contributed by atoms with Crippen molar-refractivity contribution in [3.63, 3.8) is 0 Å². The van der Waals surface area contributed by atoms with Crippen LogP contribution in [0.25, 0.3) is 0 Å². The molecule has 25 heavy (non-hydrogen) atoms. The first kappa shape index (κ1) is 18.9. The van der Waals surface area contributed by atoms with Gasteiger partial charge in [-0.15, -0.1) is 0 Å². The maximum atomic E-state index is 5.69. The fourth-order valence-corrected chi connectivity index (χ4v) is 2.50. The molecule has 2 N–H and O–H groups in total. The molecule has 5 nitrogen and oxygen atoms in total. The van der Waals surface area contributed by atoms with Crippen molar-refractivity contribution < 1.29 is 4.74 Å². The molecule has 2 aromatic rings. The van der Waals surface area contributed by atoms with Crippen molar-refractivity contribution in [2.45, 2.75) is 33.2 Å². The van der Waals surface area contributed by atoms with Gasteiger partial charge in [-0.3, -0.25) is 0 Å². The third kappa shape index (κ3) is 6.91. The number of hydrogen-bond acceptors (Lipinski definition) is 2. The number of aliphatic imine (C=N–C) groups is 1. The molecule has 2 rings (SSSR count). The highest BCUT2D eigenvalue weighted by Gasteiger charge is 2.01. The van der Waals surface area contributed by atoms with Gasteiger partial charge in [0.15, 0.2) is 5.96 Å². The number of nitrogens with zero attached hydrogens (tertiary/aromatic N) is 2. The molecule has 0 bridgehead atoms. The molecule has 0 radical (unpaired) electrons. The van der Waals surface area contributed by atoms with Gasteiger partial charge in [-0.25, -0.2) is 4.99 Å². The summed E-state index contributed by atoms with van der Waals surface area (Å²) >= 11 is 0. The zero-order valence-electron chi connectivity index (χ0n) is 15.6. The first-order chi connectivity index (χ1) is 12.2. The van der Waals surface area contributed by atoms with Gasteiger partial charge in [0, 0.05) is 32.5 Å². The van der Waals surface area contributed by atoms with E-state index in [4.69, 9.17) is 4.74 Å². The summed E-state index contributed by atoms with van der Waals surface area (Å²) in [6, 6.07) is 10.4. The first-order valence-electron chi connectivity index (χ1n) is 9.06. The SMILES string of the molecule is CCCOc1cccc(CCNC(=NCc2ccn(C)c2)NCC)c1. The van der Waals surface area contributed by atoms with E-state index < -0.39 is 0 Å². The van der Waals surface area contributed by atoms with E-state index in [0.29, 0.717) is 6.54 Å². The molecule has 0 atom stereocenters. The Bertz CT molecular complexity index is 663. The molecule has 0 unspecified atom stereocenters. The van der Waals surface area contributed by atoms with Crippen LogP contribution in [0.5, 0.6) is 5.75 Å². The highest BCUT2D eigenvalue weighted by Crippen LogP contribution is 2.13. The Balaban J connectivity index is 1.84. The molecule has 1 aromatic carbocycles. The molecule has 0 aliphatic rings. The Morgan fingerprint density at radius 2 is 2.04 bits per heavy atom. The molecule has 0 aliphatic carbocycles. The zero-order valence-corrected chi connectivity index (χ0v) is 15.6. The zero-order chi connectivity index (χ0) is 17.9. The van der Waals surface area contributed by atoms with Crippen molar-refractivity contribution >= 4 is 5.96 Å². The number of rotatable bonds is 9. The lowest BCUT2D eigenvalue weighted by Gasteiger charge is -2.12. The lowest BCUT2D eigenvalue weighted by Crippen LogP contribution is -2.38. The van der Waals surface area contributed by atoms with Crippen LogP contribution in [-0.4, -0.2) is 30.2 Å². The summed E-state index contributed by atoms with van der Waals surface area (Å²) in [7, 11) is 2.02. The molecule has 5 heteroatoms. The van der Waals surface area contributed by atoms with E-state index in [0.717, 1.165) is 44.2 Å². The number of hydrogen-bond donors (Lipinski definition) is 2. The van der Waals surface area contributed by atoms with Crippen LogP contribution in [0.3, 0.4) is 0 Å². The van der Waals surface area contributed by atoms with Crippen LogP contribution in [0.2, 0.25) is 0 Å². The molecule has 136 valence electrons. The molecule has 0 saturated carbocycles. The number of guanidine groups is 1. The standard InChI is InChI=1S/C20H30N4O/c1-4-13-25-19-8-6-7-17(14-19)9-11-22-20(21-5-2)23-15-18-10-12-24(3)16-18/h6-8,10,12,14,16H,4-5,9,11,13,15H2,1-3H3,(H2,21,22,23). The van der Waals surface area contributed by atoms with Gasteiger partial charge in [0.05, 0.1) is 13.2 Å². The minimum absolute atomic E-state index is 0.677. The largest absolute Gasteiger partial charge is 0.494 e. The Morgan fingerprint density at radius 3 is 2.76 bits per heavy atom. The van der Waals surface area contributed by atoms with E-state index >= 15 is 0 Å². The lowest BCUT2D eigenvalue weighted by atomic mass is 10.1. The van der Waals surface area contributed by atoms with E-state index in [2.05, 4.69) is 59.9 Å². The smallest absolute Gasteiger partial charge is 0.191 e. The third-order valence-corrected chi connectivity index (χ3v) is 3.73. The van der Waals surface area contributed by atoms with Crippen molar-refractivity contribution in [2.24, 2.45) is 12.0 Å². The predicted octanol–water partition coefficient (Wildman–Crippen LogP) is 3.11. The first-order valence-corrected chi connectivity index (χ1v) is 9.06. The Hall–Kier alpha value is -2.43. The van der Waals surface area contributed by atoms with Gasteiger partial charge in [-0.2, -0.15) is 0 Å². The van der Waals surface area contributed by atoms with Gasteiger partial charge in [0.1, 0.15) is 5.75 Å². The molecule has 1 aromatic heterocycles. The van der Waals surface area contributed by atoms with Crippen LogP contribution in [0.4, 0.5) is 0 Å². The quantitative estimate of drug-likeness (QED) is 0.544. The Morgan fingerprint density at radius 1 is 1.16 bits per heavy atom. The van der Waals surface area contributed by atoms with Crippen LogP contribution in [0.1, 0.15) is 31.4 Å². The maximum absolute atomic E-state index is 5.69. The van der Waals surface area contributed by atoms with Gasteiger partial charge < -0.3 is 19.9 Å². The number of aryl methyl sites for hydroxylation is 1. The molecule has 0 aliphatic heterocycles. The molecular formula is C20H30N4O. The molecule has 0 saturated heterocycles. The molecular weight excluding hydrogens is 312 g/mol. The lowest BCUT2D eigenvalue weighted by molar-refractivity contribution is 0.317. The monoisotopic (exact) mass is 342 g/mol. The molecule has 0 fully saturated rings. The Kier molecular flexibility index (Phi) is 7.89. The summed E-state index contributed by atoms with van der Waals surface area (Å²) in [6.45, 7) is 7.31. The second kappa shape index (κ2) is 10.4. The van der Waals surface area contributed by atoms with Crippen LogP contribution >= 0.6 is 0 Å². The summed E-state index contributed by atoms with van der Waals surface area (Å²) in [4.78, 5) is 4.64. The van der Waals surface area contributed by atoms with Crippen molar-refractivity contribution in [3.8, 4) is 5.75 Å². The van der Waals surface area contributed by atoms with Gasteiger partial charge in [0.25, 0.3) is 0 Å². The van der Waals surface area contributed by atoms with Crippen LogP contribution in [0.15, 0.2) is 47.7 Å². The second-order valence-electron chi connectivity index (χ2n) is 6.05. The third-order valence-electron chi connectivity index (χ3n) is 3.73. The topological polar surface area (TPSA) is 50.6 Å². The molecule has 0 spiro atoms. The highest BCUT2D eigenvalue weighted by molar-refractivity contribution is 5.79. The number of nitrogens with one attached hydrogen (secondary N) is 2. The highest BCUT2D eigenvalue weighted by atomic mass is 16.5. The normalized spacial score (nSPS) is 11.4. The number of ether oxygens (including phenoxy) is 1. The Labute approximate surface area is 151 Å². The van der Waals surface area contributed by atoms with Crippen molar-refractivity contribution in [1.82, 2.24) is 15.2 Å². The summed E-state index contributed by atoms with van der Waals surface area (Å²) < 4.78 is 7.73. The summed E-state index contributed by atoms with van der Waals surface area (Å²) in [6.07, 6.45) is 6.09. The molecule has 1 heterocycles. The summed E-state index contributed by atoms with van der Waals surface area (Å²) in [5.74, 6) is 1.80. The van der Waals surface area contributed by atoms with E-state index in [9.17, 15) is 0 Å². The average Bonchev–Trinajstić information content (AvgIpc) is 3.03. The van der Waals surface area contributed by atoms with Gasteiger partial charge in [0.2, 0.25) is 0 Å². The van der Waals surface area contributed by atoms with Crippen molar-refractivity contribution in [2.75, 3.05) is 19.7 Å². The van der Waals surface area contributed by atoms with Crippen molar-refractivity contribution in [1.29, 1.82) is 0 Å². The number of benzene rings is 1. The van der Waals surface area contributed by atoms with Gasteiger partial charge in [-0.1, -0.05) is 19.1 Å². The van der Waals surface area contributed by atoms with E-state index in [-0.39, 0.29) is 0 Å². The number of aromatic nitrogens is 1. The van der Waals surface area contributed by atoms with Gasteiger partial charge in [-0.05, 0) is 49.1 Å². The van der Waals surface area contributed by atoms with Crippen LogP contribution in [-0.2, 0) is 20.0 Å². The fraction of sp³-hybridized carbons (Fsp3) is 0.450. The maximum Gasteiger partial charge on any atom is 0.191 e. The van der Waals surface area contributed by atoms with Crippen molar-refractivity contribution in [3.05, 3.63) is 53.9 Å². The average molecular weight is 342 g/mol. The molecule has 0 amide bonds. The fourth-order valence-electron chi connectivity index (χ4n) is 2.50. The predicted molar refractivity (Wildman–Crippen MR) is 104 cm³/mol. The summed E-state index contributed by atoms with van der Waals surface area (Å²) in [5, 5.41) is 6.69. The second-order valence-corrected chi connectivity index (χ2v) is 6.05. The summed E-state index contributed by atoms with van der Waals surface area (Å²) in [5.41, 5.74) is 2.47. The minimum Gasteiger partial charge on any atom is -0.494 e. The van der Waals surface area contributed by atoms with Gasteiger partial charge >= 0.3 is 0 Å². The van der Waals surface area contributed by atoms with Crippen LogP contribution in [0, 0.1) is 0 Å².